The van der Waals surface area contributed by atoms with Crippen LogP contribution in [0.5, 0.6) is 0 Å². The lowest BCUT2D eigenvalue weighted by Gasteiger charge is -2.31. The number of hydrogen-bond donors (Lipinski definition) is 1. The molecule has 2 unspecified atom stereocenters. The van der Waals surface area contributed by atoms with Crippen molar-refractivity contribution >= 4 is 0 Å². The molecule has 1 heterocycles. The van der Waals surface area contributed by atoms with Crippen LogP contribution in [-0.2, 0) is 6.54 Å². The minimum absolute atomic E-state index is 0.660. The molecule has 0 amide bonds. The maximum Gasteiger partial charge on any atom is 0.0525 e. The molecule has 3 heteroatoms. The molecule has 16 heavy (non-hydrogen) atoms. The van der Waals surface area contributed by atoms with Crippen LogP contribution in [0.2, 0.25) is 0 Å². The van der Waals surface area contributed by atoms with Crippen molar-refractivity contribution in [1.29, 1.82) is 0 Å². The Morgan fingerprint density at radius 3 is 2.88 bits per heavy atom. The molecular formula is C13H23N3. The zero-order chi connectivity index (χ0) is 11.4. The minimum atomic E-state index is 0.660. The molecule has 0 spiro atoms. The fraction of sp³-hybridized carbons (Fsp3) is 0.769. The molecule has 1 fully saturated rings. The molecule has 0 radical (unpaired) electrons. The van der Waals surface area contributed by atoms with Gasteiger partial charge in [0, 0.05) is 24.7 Å². The number of likely N-dealkylation sites (N-methyl/N-ethyl adjacent to an activating group) is 1. The van der Waals surface area contributed by atoms with Crippen molar-refractivity contribution in [2.45, 2.75) is 58.0 Å². The Morgan fingerprint density at radius 2 is 2.19 bits per heavy atom. The van der Waals surface area contributed by atoms with Crippen LogP contribution >= 0.6 is 0 Å². The first kappa shape index (κ1) is 11.6. The van der Waals surface area contributed by atoms with E-state index in [2.05, 4.69) is 36.7 Å². The average Bonchev–Trinajstić information content (AvgIpc) is 2.79. The standard InChI is InChI=1S/C13H23N3/c1-3-14-13-8-6-5-7-12(13)11-9-15-16(4-2)10-11/h9-10,12-14H,3-8H2,1-2H3. The first-order chi connectivity index (χ1) is 7.85. The summed E-state index contributed by atoms with van der Waals surface area (Å²) in [6.45, 7) is 6.38. The second-order valence-electron chi connectivity index (χ2n) is 4.68. The van der Waals surface area contributed by atoms with E-state index in [0.29, 0.717) is 12.0 Å². The van der Waals surface area contributed by atoms with Gasteiger partial charge in [-0.1, -0.05) is 19.8 Å². The van der Waals surface area contributed by atoms with Gasteiger partial charge in [0.1, 0.15) is 0 Å². The van der Waals surface area contributed by atoms with Crippen LogP contribution in [0.4, 0.5) is 0 Å². The van der Waals surface area contributed by atoms with E-state index >= 15 is 0 Å². The molecular weight excluding hydrogens is 198 g/mol. The Kier molecular flexibility index (Phi) is 3.99. The highest BCUT2D eigenvalue weighted by Crippen LogP contribution is 2.32. The molecule has 1 aromatic rings. The normalized spacial score (nSPS) is 25.9. The van der Waals surface area contributed by atoms with Crippen molar-refractivity contribution < 1.29 is 0 Å². The summed E-state index contributed by atoms with van der Waals surface area (Å²) in [5.74, 6) is 0.675. The van der Waals surface area contributed by atoms with E-state index in [0.717, 1.165) is 13.1 Å². The predicted octanol–water partition coefficient (Wildman–Crippen LogP) is 2.54. The first-order valence-electron chi connectivity index (χ1n) is 6.60. The summed E-state index contributed by atoms with van der Waals surface area (Å²) in [7, 11) is 0. The van der Waals surface area contributed by atoms with Crippen molar-refractivity contribution in [3.05, 3.63) is 18.0 Å². The smallest absolute Gasteiger partial charge is 0.0525 e. The van der Waals surface area contributed by atoms with Gasteiger partial charge >= 0.3 is 0 Å². The highest BCUT2D eigenvalue weighted by molar-refractivity contribution is 5.15. The number of aryl methyl sites for hydroxylation is 1. The number of nitrogens with one attached hydrogen (secondary N) is 1. The SMILES string of the molecule is CCNC1CCCCC1c1cnn(CC)c1. The van der Waals surface area contributed by atoms with Gasteiger partial charge in [0.2, 0.25) is 0 Å². The minimum Gasteiger partial charge on any atom is -0.314 e. The summed E-state index contributed by atoms with van der Waals surface area (Å²) < 4.78 is 2.03. The molecule has 0 aliphatic heterocycles. The summed E-state index contributed by atoms with van der Waals surface area (Å²) in [5, 5.41) is 8.02. The third-order valence-corrected chi connectivity index (χ3v) is 3.64. The molecule has 90 valence electrons. The molecule has 0 bridgehead atoms. The lowest BCUT2D eigenvalue weighted by molar-refractivity contribution is 0.332. The van der Waals surface area contributed by atoms with Gasteiger partial charge in [-0.3, -0.25) is 4.68 Å². The van der Waals surface area contributed by atoms with Crippen LogP contribution in [0.3, 0.4) is 0 Å². The van der Waals surface area contributed by atoms with Gasteiger partial charge in [-0.05, 0) is 31.9 Å². The van der Waals surface area contributed by atoms with Crippen LogP contribution < -0.4 is 5.32 Å². The topological polar surface area (TPSA) is 29.9 Å². The second kappa shape index (κ2) is 5.48. The predicted molar refractivity (Wildman–Crippen MR) is 66.6 cm³/mol. The Hall–Kier alpha value is -0.830. The Labute approximate surface area is 98.2 Å². The largest absolute Gasteiger partial charge is 0.314 e. The van der Waals surface area contributed by atoms with Gasteiger partial charge < -0.3 is 5.32 Å². The summed E-state index contributed by atoms with van der Waals surface area (Å²) >= 11 is 0. The van der Waals surface area contributed by atoms with Crippen molar-refractivity contribution in [2.24, 2.45) is 0 Å². The van der Waals surface area contributed by atoms with Gasteiger partial charge in [-0.2, -0.15) is 5.10 Å². The highest BCUT2D eigenvalue weighted by Gasteiger charge is 2.26. The number of hydrogen-bond acceptors (Lipinski definition) is 2. The van der Waals surface area contributed by atoms with E-state index in [9.17, 15) is 0 Å². The van der Waals surface area contributed by atoms with Gasteiger partial charge in [-0.15, -0.1) is 0 Å². The van der Waals surface area contributed by atoms with Gasteiger partial charge in [0.05, 0.1) is 6.20 Å². The van der Waals surface area contributed by atoms with Crippen LogP contribution in [0, 0.1) is 0 Å². The molecule has 0 saturated heterocycles. The van der Waals surface area contributed by atoms with E-state index in [1.165, 1.54) is 31.2 Å². The maximum atomic E-state index is 4.39. The van der Waals surface area contributed by atoms with Crippen molar-refractivity contribution in [2.75, 3.05) is 6.54 Å². The monoisotopic (exact) mass is 221 g/mol. The molecule has 2 rings (SSSR count). The fourth-order valence-corrected chi connectivity index (χ4v) is 2.78. The van der Waals surface area contributed by atoms with Crippen LogP contribution in [0.1, 0.15) is 51.0 Å². The van der Waals surface area contributed by atoms with E-state index in [-0.39, 0.29) is 0 Å². The first-order valence-corrected chi connectivity index (χ1v) is 6.60. The molecule has 3 nitrogen and oxygen atoms in total. The second-order valence-corrected chi connectivity index (χ2v) is 4.68. The average molecular weight is 221 g/mol. The lowest BCUT2D eigenvalue weighted by Crippen LogP contribution is -2.36. The molecule has 0 aromatic carbocycles. The molecule has 2 atom stereocenters. The van der Waals surface area contributed by atoms with Gasteiger partial charge in [0.25, 0.3) is 0 Å². The molecule has 1 aliphatic rings. The fourth-order valence-electron chi connectivity index (χ4n) is 2.78. The summed E-state index contributed by atoms with van der Waals surface area (Å²) in [6.07, 6.45) is 9.65. The Morgan fingerprint density at radius 1 is 1.38 bits per heavy atom. The molecule has 1 aliphatic carbocycles. The van der Waals surface area contributed by atoms with E-state index in [4.69, 9.17) is 0 Å². The third-order valence-electron chi connectivity index (χ3n) is 3.64. The van der Waals surface area contributed by atoms with E-state index < -0.39 is 0 Å². The van der Waals surface area contributed by atoms with Crippen molar-refractivity contribution in [3.63, 3.8) is 0 Å². The van der Waals surface area contributed by atoms with Crippen molar-refractivity contribution in [3.8, 4) is 0 Å². The number of nitrogens with zero attached hydrogens (tertiary/aromatic N) is 2. The van der Waals surface area contributed by atoms with Crippen LogP contribution in [0.15, 0.2) is 12.4 Å². The summed E-state index contributed by atoms with van der Waals surface area (Å²) in [4.78, 5) is 0. The van der Waals surface area contributed by atoms with E-state index in [1.807, 2.05) is 4.68 Å². The Bertz CT molecular complexity index is 317. The zero-order valence-electron chi connectivity index (χ0n) is 10.4. The Balaban J connectivity index is 2.09. The quantitative estimate of drug-likeness (QED) is 0.846. The summed E-state index contributed by atoms with van der Waals surface area (Å²) in [6, 6.07) is 0.660. The molecule has 1 N–H and O–H groups in total. The zero-order valence-corrected chi connectivity index (χ0v) is 10.4. The lowest BCUT2D eigenvalue weighted by atomic mass is 9.81. The summed E-state index contributed by atoms with van der Waals surface area (Å²) in [5.41, 5.74) is 1.42. The third kappa shape index (κ3) is 2.46. The van der Waals surface area contributed by atoms with Gasteiger partial charge in [-0.25, -0.2) is 0 Å². The highest BCUT2D eigenvalue weighted by atomic mass is 15.3. The number of aromatic nitrogens is 2. The molecule has 1 aromatic heterocycles. The maximum absolute atomic E-state index is 4.39. The van der Waals surface area contributed by atoms with E-state index in [1.54, 1.807) is 0 Å². The van der Waals surface area contributed by atoms with Crippen LogP contribution in [-0.4, -0.2) is 22.4 Å². The number of rotatable bonds is 4. The van der Waals surface area contributed by atoms with Gasteiger partial charge in [0.15, 0.2) is 0 Å². The molecule has 1 saturated carbocycles. The van der Waals surface area contributed by atoms with Crippen LogP contribution in [0.25, 0.3) is 0 Å². The van der Waals surface area contributed by atoms with Crippen molar-refractivity contribution in [1.82, 2.24) is 15.1 Å².